The molecule has 0 atom stereocenters. The summed E-state index contributed by atoms with van der Waals surface area (Å²) in [6.07, 6.45) is 1.74. The molecule has 1 aromatic carbocycles. The lowest BCUT2D eigenvalue weighted by Crippen LogP contribution is -2.22. The molecule has 0 radical (unpaired) electrons. The molecule has 0 saturated carbocycles. The van der Waals surface area contributed by atoms with Crippen molar-refractivity contribution >= 4 is 17.2 Å². The normalized spacial score (nSPS) is 10.7. The predicted molar refractivity (Wildman–Crippen MR) is 93.6 cm³/mol. The first kappa shape index (κ1) is 16.4. The van der Waals surface area contributed by atoms with E-state index in [1.807, 2.05) is 48.7 Å². The van der Waals surface area contributed by atoms with Gasteiger partial charge in [-0.3, -0.25) is 4.79 Å². The number of nitrogens with one attached hydrogen (secondary N) is 1. The maximum Gasteiger partial charge on any atom is 0.226 e. The molecule has 0 fully saturated rings. The van der Waals surface area contributed by atoms with Crippen LogP contribution in [0.15, 0.2) is 46.3 Å². The molecule has 1 N–H and O–H groups in total. The highest BCUT2D eigenvalue weighted by Crippen LogP contribution is 2.21. The molecule has 2 heterocycles. The summed E-state index contributed by atoms with van der Waals surface area (Å²) < 4.78 is 5.22. The average molecular weight is 341 g/mol. The Morgan fingerprint density at radius 3 is 2.83 bits per heavy atom. The van der Waals surface area contributed by atoms with E-state index in [4.69, 9.17) is 4.52 Å². The monoisotopic (exact) mass is 341 g/mol. The SMILES string of the molecule is Cc1ccc(CNC(=O)CCCc2nc(-c3cccs3)no2)cc1. The van der Waals surface area contributed by atoms with Crippen LogP contribution in [0.5, 0.6) is 0 Å². The van der Waals surface area contributed by atoms with Crippen LogP contribution in [0.1, 0.15) is 29.9 Å². The van der Waals surface area contributed by atoms with Crippen molar-refractivity contribution < 1.29 is 9.32 Å². The number of thiophene rings is 1. The fourth-order valence-electron chi connectivity index (χ4n) is 2.26. The molecule has 0 aliphatic heterocycles. The molecule has 124 valence electrons. The second kappa shape index (κ2) is 7.88. The Bertz CT molecular complexity index is 779. The maximum absolute atomic E-state index is 11.9. The fourth-order valence-corrected chi connectivity index (χ4v) is 2.91. The van der Waals surface area contributed by atoms with Crippen LogP contribution in [0.3, 0.4) is 0 Å². The number of carbonyl (C=O) groups excluding carboxylic acids is 1. The van der Waals surface area contributed by atoms with Crippen LogP contribution in [-0.2, 0) is 17.8 Å². The average Bonchev–Trinajstić information content (AvgIpc) is 3.25. The summed E-state index contributed by atoms with van der Waals surface area (Å²) in [7, 11) is 0. The zero-order valence-corrected chi connectivity index (χ0v) is 14.3. The third-order valence-corrected chi connectivity index (χ3v) is 4.48. The Morgan fingerprint density at radius 2 is 2.08 bits per heavy atom. The molecule has 6 heteroatoms. The Kier molecular flexibility index (Phi) is 5.38. The lowest BCUT2D eigenvalue weighted by Gasteiger charge is -2.05. The minimum absolute atomic E-state index is 0.0357. The number of carbonyl (C=O) groups is 1. The van der Waals surface area contributed by atoms with Gasteiger partial charge in [-0.1, -0.05) is 41.1 Å². The molecule has 0 unspecified atom stereocenters. The lowest BCUT2D eigenvalue weighted by atomic mass is 10.1. The molecule has 2 aromatic heterocycles. The van der Waals surface area contributed by atoms with Gasteiger partial charge in [0.1, 0.15) is 0 Å². The van der Waals surface area contributed by atoms with Crippen LogP contribution in [0, 0.1) is 6.92 Å². The van der Waals surface area contributed by atoms with Crippen molar-refractivity contribution in [1.82, 2.24) is 15.5 Å². The number of amides is 1. The van der Waals surface area contributed by atoms with Crippen molar-refractivity contribution in [2.75, 3.05) is 0 Å². The Balaban J connectivity index is 1.40. The van der Waals surface area contributed by atoms with Gasteiger partial charge in [-0.2, -0.15) is 4.98 Å². The van der Waals surface area contributed by atoms with Crippen LogP contribution in [-0.4, -0.2) is 16.0 Å². The zero-order valence-electron chi connectivity index (χ0n) is 13.5. The zero-order chi connectivity index (χ0) is 16.8. The highest BCUT2D eigenvalue weighted by atomic mass is 32.1. The van der Waals surface area contributed by atoms with E-state index in [9.17, 15) is 4.79 Å². The van der Waals surface area contributed by atoms with Crippen molar-refractivity contribution in [3.8, 4) is 10.7 Å². The van der Waals surface area contributed by atoms with Gasteiger partial charge in [-0.05, 0) is 30.4 Å². The van der Waals surface area contributed by atoms with Gasteiger partial charge in [0.15, 0.2) is 0 Å². The van der Waals surface area contributed by atoms with E-state index in [1.165, 1.54) is 5.56 Å². The van der Waals surface area contributed by atoms with Crippen molar-refractivity contribution in [2.45, 2.75) is 32.7 Å². The maximum atomic E-state index is 11.9. The second-order valence-electron chi connectivity index (χ2n) is 5.60. The lowest BCUT2D eigenvalue weighted by molar-refractivity contribution is -0.121. The van der Waals surface area contributed by atoms with Crippen LogP contribution in [0.4, 0.5) is 0 Å². The number of benzene rings is 1. The first-order chi connectivity index (χ1) is 11.7. The second-order valence-corrected chi connectivity index (χ2v) is 6.55. The quantitative estimate of drug-likeness (QED) is 0.711. The molecule has 3 aromatic rings. The number of hydrogen-bond acceptors (Lipinski definition) is 5. The van der Waals surface area contributed by atoms with Crippen molar-refractivity contribution in [2.24, 2.45) is 0 Å². The Labute approximate surface area is 144 Å². The molecule has 0 aliphatic carbocycles. The summed E-state index contributed by atoms with van der Waals surface area (Å²) in [6.45, 7) is 2.60. The Hall–Kier alpha value is -2.47. The van der Waals surface area contributed by atoms with Crippen LogP contribution in [0.2, 0.25) is 0 Å². The molecule has 0 aliphatic rings. The molecule has 0 spiro atoms. The van der Waals surface area contributed by atoms with E-state index in [2.05, 4.69) is 15.5 Å². The summed E-state index contributed by atoms with van der Waals surface area (Å²) in [5, 5.41) is 8.87. The van der Waals surface area contributed by atoms with Gasteiger partial charge >= 0.3 is 0 Å². The minimum atomic E-state index is 0.0357. The van der Waals surface area contributed by atoms with Gasteiger partial charge in [-0.25, -0.2) is 0 Å². The summed E-state index contributed by atoms with van der Waals surface area (Å²) in [6, 6.07) is 12.1. The number of rotatable bonds is 7. The van der Waals surface area contributed by atoms with Gasteiger partial charge in [0.05, 0.1) is 4.88 Å². The van der Waals surface area contributed by atoms with Gasteiger partial charge in [0.2, 0.25) is 17.6 Å². The standard InChI is InChI=1S/C18H19N3O2S/c1-13-7-9-14(10-8-13)12-19-16(22)5-2-6-17-20-18(21-23-17)15-4-3-11-24-15/h3-4,7-11H,2,5-6,12H2,1H3,(H,19,22). The van der Waals surface area contributed by atoms with E-state index in [0.717, 1.165) is 10.4 Å². The van der Waals surface area contributed by atoms with Gasteiger partial charge in [-0.15, -0.1) is 11.3 Å². The molecule has 0 saturated heterocycles. The van der Waals surface area contributed by atoms with E-state index < -0.39 is 0 Å². The van der Waals surface area contributed by atoms with Crippen LogP contribution < -0.4 is 5.32 Å². The van der Waals surface area contributed by atoms with Crippen LogP contribution >= 0.6 is 11.3 Å². The van der Waals surface area contributed by atoms with Gasteiger partial charge in [0.25, 0.3) is 0 Å². The minimum Gasteiger partial charge on any atom is -0.352 e. The van der Waals surface area contributed by atoms with Crippen molar-refractivity contribution in [3.63, 3.8) is 0 Å². The van der Waals surface area contributed by atoms with E-state index in [-0.39, 0.29) is 5.91 Å². The molecular weight excluding hydrogens is 322 g/mol. The first-order valence-corrected chi connectivity index (χ1v) is 8.77. The fraction of sp³-hybridized carbons (Fsp3) is 0.278. The topological polar surface area (TPSA) is 68.0 Å². The Morgan fingerprint density at radius 1 is 1.25 bits per heavy atom. The predicted octanol–water partition coefficient (Wildman–Crippen LogP) is 3.75. The number of aryl methyl sites for hydroxylation is 2. The van der Waals surface area contributed by atoms with E-state index >= 15 is 0 Å². The van der Waals surface area contributed by atoms with E-state index in [1.54, 1.807) is 11.3 Å². The molecule has 24 heavy (non-hydrogen) atoms. The summed E-state index contributed by atoms with van der Waals surface area (Å²) >= 11 is 1.57. The summed E-state index contributed by atoms with van der Waals surface area (Å²) in [4.78, 5) is 17.2. The summed E-state index contributed by atoms with van der Waals surface area (Å²) in [5.74, 6) is 1.22. The summed E-state index contributed by atoms with van der Waals surface area (Å²) in [5.41, 5.74) is 2.32. The van der Waals surface area contributed by atoms with Gasteiger partial charge < -0.3 is 9.84 Å². The molecule has 5 nitrogen and oxygen atoms in total. The highest BCUT2D eigenvalue weighted by Gasteiger charge is 2.10. The smallest absolute Gasteiger partial charge is 0.226 e. The molecular formula is C18H19N3O2S. The third kappa shape index (κ3) is 4.52. The molecule has 3 rings (SSSR count). The third-order valence-electron chi connectivity index (χ3n) is 3.61. The number of hydrogen-bond donors (Lipinski definition) is 1. The van der Waals surface area contributed by atoms with E-state index in [0.29, 0.717) is 37.5 Å². The van der Waals surface area contributed by atoms with Gasteiger partial charge in [0, 0.05) is 19.4 Å². The van der Waals surface area contributed by atoms with Crippen LogP contribution in [0.25, 0.3) is 10.7 Å². The highest BCUT2D eigenvalue weighted by molar-refractivity contribution is 7.13. The molecule has 0 bridgehead atoms. The number of nitrogens with zero attached hydrogens (tertiary/aromatic N) is 2. The largest absolute Gasteiger partial charge is 0.352 e. The number of aromatic nitrogens is 2. The van der Waals surface area contributed by atoms with Crippen molar-refractivity contribution in [3.05, 3.63) is 58.8 Å². The van der Waals surface area contributed by atoms with Crippen molar-refractivity contribution in [1.29, 1.82) is 0 Å². The molecule has 1 amide bonds. The first-order valence-electron chi connectivity index (χ1n) is 7.89.